The second kappa shape index (κ2) is 5.87. The van der Waals surface area contributed by atoms with Crippen molar-refractivity contribution in [3.63, 3.8) is 0 Å². The lowest BCUT2D eigenvalue weighted by atomic mass is 10.1. The average Bonchev–Trinajstić information content (AvgIpc) is 2.37. The number of phenols is 1. The number of hydrogen-bond donors (Lipinski definition) is 3. The fourth-order valence-corrected chi connectivity index (χ4v) is 1.28. The Hall–Kier alpha value is -1.83. The van der Waals surface area contributed by atoms with E-state index in [2.05, 4.69) is 17.5 Å². The van der Waals surface area contributed by atoms with Gasteiger partial charge < -0.3 is 16.2 Å². The summed E-state index contributed by atoms with van der Waals surface area (Å²) in [6.07, 6.45) is 0. The number of halogens is 3. The average molecular weight is 292 g/mol. The molecular weight excluding hydrogens is 281 g/mol. The normalized spacial score (nSPS) is 12.0. The fourth-order valence-electron chi connectivity index (χ4n) is 1.20. The van der Waals surface area contributed by atoms with Crippen LogP contribution in [0.1, 0.15) is 17.3 Å². The molecule has 0 bridgehead atoms. The molecule has 104 valence electrons. The van der Waals surface area contributed by atoms with E-state index in [0.717, 1.165) is 0 Å². The highest BCUT2D eigenvalue weighted by Gasteiger charge is 2.22. The lowest BCUT2D eigenvalue weighted by Crippen LogP contribution is -2.34. The van der Waals surface area contributed by atoms with Gasteiger partial charge in [0, 0.05) is 12.5 Å². The van der Waals surface area contributed by atoms with Gasteiger partial charge in [-0.2, -0.15) is 4.39 Å². The predicted octanol–water partition coefficient (Wildman–Crippen LogP) is 1.46. The highest BCUT2D eigenvalue weighted by molar-refractivity contribution is 7.80. The number of amides is 1. The van der Waals surface area contributed by atoms with Gasteiger partial charge in [0.2, 0.25) is 5.82 Å². The number of carbonyl (C=O) groups excluding carboxylic acids is 1. The van der Waals surface area contributed by atoms with Crippen LogP contribution in [0, 0.1) is 23.4 Å². The summed E-state index contributed by atoms with van der Waals surface area (Å²) in [7, 11) is 0. The second-order valence-electron chi connectivity index (χ2n) is 3.90. The molecule has 0 radical (unpaired) electrons. The Morgan fingerprint density at radius 3 is 2.58 bits per heavy atom. The summed E-state index contributed by atoms with van der Waals surface area (Å²) in [5.74, 6) is -7.68. The number of phenolic OH excluding ortho intramolecular Hbond substituents is 1. The lowest BCUT2D eigenvalue weighted by molar-refractivity contribution is 0.0945. The summed E-state index contributed by atoms with van der Waals surface area (Å²) in [4.78, 5) is 11.7. The van der Waals surface area contributed by atoms with Gasteiger partial charge in [-0.1, -0.05) is 19.1 Å². The highest BCUT2D eigenvalue weighted by Crippen LogP contribution is 2.25. The van der Waals surface area contributed by atoms with Gasteiger partial charge in [0.15, 0.2) is 17.4 Å². The molecule has 0 aliphatic carbocycles. The van der Waals surface area contributed by atoms with Gasteiger partial charge in [-0.3, -0.25) is 4.79 Å². The summed E-state index contributed by atoms with van der Waals surface area (Å²) in [6, 6.07) is 0.366. The number of benzene rings is 1. The first kappa shape index (κ1) is 15.2. The maximum Gasteiger partial charge on any atom is 0.254 e. The number of rotatable bonds is 4. The maximum absolute atomic E-state index is 13.4. The van der Waals surface area contributed by atoms with Crippen LogP contribution < -0.4 is 11.1 Å². The van der Waals surface area contributed by atoms with Crippen molar-refractivity contribution >= 4 is 23.1 Å². The molecule has 0 heterocycles. The Bertz CT molecular complexity index is 537. The number of aromatic hydroxyl groups is 1. The van der Waals surface area contributed by atoms with Crippen molar-refractivity contribution < 1.29 is 23.1 Å². The molecule has 1 unspecified atom stereocenters. The minimum atomic E-state index is -1.74. The summed E-state index contributed by atoms with van der Waals surface area (Å²) < 4.78 is 39.2. The van der Waals surface area contributed by atoms with Gasteiger partial charge in [0.05, 0.1) is 10.6 Å². The molecule has 1 atom stereocenters. The van der Waals surface area contributed by atoms with E-state index in [4.69, 9.17) is 10.8 Å². The molecule has 0 saturated carbocycles. The Morgan fingerprint density at radius 2 is 2.05 bits per heavy atom. The first-order valence-corrected chi connectivity index (χ1v) is 5.60. The predicted molar refractivity (Wildman–Crippen MR) is 66.3 cm³/mol. The molecule has 0 spiro atoms. The zero-order valence-electron chi connectivity index (χ0n) is 9.84. The molecule has 0 aliphatic rings. The van der Waals surface area contributed by atoms with E-state index < -0.39 is 34.7 Å². The standard InChI is InChI=1S/C11H11F3N2O2S/c1-4(10(15)19)3-16-11(18)5-2-6(12)8(14)9(17)7(5)13/h2,4,17H,3H2,1H3,(H2,15,19)(H,16,18). The van der Waals surface area contributed by atoms with Crippen LogP contribution in [-0.2, 0) is 0 Å². The van der Waals surface area contributed by atoms with Gasteiger partial charge in [0.25, 0.3) is 5.91 Å². The fraction of sp³-hybridized carbons (Fsp3) is 0.273. The van der Waals surface area contributed by atoms with E-state index >= 15 is 0 Å². The number of nitrogens with two attached hydrogens (primary N) is 1. The van der Waals surface area contributed by atoms with Crippen molar-refractivity contribution in [3.8, 4) is 5.75 Å². The van der Waals surface area contributed by atoms with Crippen molar-refractivity contribution in [3.05, 3.63) is 29.1 Å². The number of nitrogens with one attached hydrogen (secondary N) is 1. The van der Waals surface area contributed by atoms with Crippen LogP contribution >= 0.6 is 12.2 Å². The monoisotopic (exact) mass is 292 g/mol. The first-order valence-electron chi connectivity index (χ1n) is 5.19. The highest BCUT2D eigenvalue weighted by atomic mass is 32.1. The molecule has 1 amide bonds. The van der Waals surface area contributed by atoms with E-state index in [1.54, 1.807) is 6.92 Å². The Kier molecular flexibility index (Phi) is 4.71. The summed E-state index contributed by atoms with van der Waals surface area (Å²) >= 11 is 4.67. The van der Waals surface area contributed by atoms with Crippen molar-refractivity contribution in [2.45, 2.75) is 6.92 Å². The third kappa shape index (κ3) is 3.34. The smallest absolute Gasteiger partial charge is 0.254 e. The quantitative estimate of drug-likeness (QED) is 0.580. The Morgan fingerprint density at radius 1 is 1.47 bits per heavy atom. The minimum absolute atomic E-state index is 0.00731. The largest absolute Gasteiger partial charge is 0.503 e. The first-order chi connectivity index (χ1) is 8.75. The van der Waals surface area contributed by atoms with E-state index in [9.17, 15) is 18.0 Å². The van der Waals surface area contributed by atoms with Gasteiger partial charge in [-0.25, -0.2) is 8.78 Å². The third-order valence-electron chi connectivity index (χ3n) is 2.43. The van der Waals surface area contributed by atoms with E-state index in [1.165, 1.54) is 0 Å². The van der Waals surface area contributed by atoms with Crippen LogP contribution in [0.15, 0.2) is 6.07 Å². The number of carbonyl (C=O) groups is 1. The van der Waals surface area contributed by atoms with Crippen molar-refractivity contribution in [1.29, 1.82) is 0 Å². The molecule has 4 nitrogen and oxygen atoms in total. The Labute approximate surface area is 112 Å². The molecule has 19 heavy (non-hydrogen) atoms. The third-order valence-corrected chi connectivity index (χ3v) is 2.83. The Balaban J connectivity index is 2.92. The second-order valence-corrected chi connectivity index (χ2v) is 4.37. The van der Waals surface area contributed by atoms with E-state index in [1.807, 2.05) is 0 Å². The van der Waals surface area contributed by atoms with Crippen molar-refractivity contribution in [2.75, 3.05) is 6.54 Å². The zero-order chi connectivity index (χ0) is 14.7. The van der Waals surface area contributed by atoms with Crippen molar-refractivity contribution in [1.82, 2.24) is 5.32 Å². The summed E-state index contributed by atoms with van der Waals surface area (Å²) in [6.45, 7) is 1.63. The van der Waals surface area contributed by atoms with Crippen LogP contribution in [0.3, 0.4) is 0 Å². The van der Waals surface area contributed by atoms with Crippen LogP contribution in [0.2, 0.25) is 0 Å². The molecule has 0 fully saturated rings. The van der Waals surface area contributed by atoms with Crippen LogP contribution in [0.25, 0.3) is 0 Å². The van der Waals surface area contributed by atoms with Crippen molar-refractivity contribution in [2.24, 2.45) is 11.7 Å². The van der Waals surface area contributed by atoms with E-state index in [-0.39, 0.29) is 17.5 Å². The molecule has 8 heteroatoms. The SMILES string of the molecule is CC(CNC(=O)c1cc(F)c(F)c(O)c1F)C(N)=S. The summed E-state index contributed by atoms with van der Waals surface area (Å²) in [5.41, 5.74) is 4.52. The molecule has 4 N–H and O–H groups in total. The van der Waals surface area contributed by atoms with E-state index in [0.29, 0.717) is 6.07 Å². The minimum Gasteiger partial charge on any atom is -0.503 e. The lowest BCUT2D eigenvalue weighted by Gasteiger charge is -2.12. The van der Waals surface area contributed by atoms with Crippen LogP contribution in [0.4, 0.5) is 13.2 Å². The van der Waals surface area contributed by atoms with Crippen LogP contribution in [0.5, 0.6) is 5.75 Å². The van der Waals surface area contributed by atoms with Gasteiger partial charge >= 0.3 is 0 Å². The van der Waals surface area contributed by atoms with Gasteiger partial charge in [-0.15, -0.1) is 0 Å². The van der Waals surface area contributed by atoms with Gasteiger partial charge in [0.1, 0.15) is 0 Å². The number of hydrogen-bond acceptors (Lipinski definition) is 3. The molecule has 0 aromatic heterocycles. The topological polar surface area (TPSA) is 75.3 Å². The van der Waals surface area contributed by atoms with Gasteiger partial charge in [-0.05, 0) is 6.07 Å². The molecule has 1 aromatic carbocycles. The van der Waals surface area contributed by atoms with Crippen LogP contribution in [-0.4, -0.2) is 22.5 Å². The maximum atomic E-state index is 13.4. The molecular formula is C11H11F3N2O2S. The summed E-state index contributed by atoms with van der Waals surface area (Å²) in [5, 5.41) is 11.2. The molecule has 0 saturated heterocycles. The zero-order valence-corrected chi connectivity index (χ0v) is 10.7. The molecule has 1 aromatic rings. The number of thiocarbonyl (C=S) groups is 1. The molecule has 0 aliphatic heterocycles. The molecule has 1 rings (SSSR count).